The molecule has 0 bridgehead atoms. The van der Waals surface area contributed by atoms with Crippen molar-refractivity contribution in [3.8, 4) is 0 Å². The molecule has 0 N–H and O–H groups in total. The lowest BCUT2D eigenvalue weighted by atomic mass is 9.52. The van der Waals surface area contributed by atoms with Gasteiger partial charge in [0.25, 0.3) is 5.60 Å². The summed E-state index contributed by atoms with van der Waals surface area (Å²) < 4.78 is 59.1. The number of carbonyl (C=O) groups excluding carboxylic acids is 2. The highest BCUT2D eigenvalue weighted by molar-refractivity contribution is 5.83. The minimum absolute atomic E-state index is 0.0868. The first kappa shape index (κ1) is 24.0. The molecule has 0 unspecified atom stereocenters. The molecule has 33 heavy (non-hydrogen) atoms. The maximum atomic E-state index is 14.3. The Hall–Kier alpha value is -2.09. The van der Waals surface area contributed by atoms with E-state index < -0.39 is 23.9 Å². The molecule has 8 atom stereocenters. The molecular weight excluding hydrogens is 437 g/mol. The number of benzene rings is 1. The van der Waals surface area contributed by atoms with Crippen molar-refractivity contribution in [1.29, 1.82) is 0 Å². The summed E-state index contributed by atoms with van der Waals surface area (Å²) in [5.41, 5.74) is -3.65. The number of carbonyl (C=O) groups is 2. The van der Waals surface area contributed by atoms with Gasteiger partial charge in [0.1, 0.15) is 12.2 Å². The smallest absolute Gasteiger partial charge is 0.432 e. The van der Waals surface area contributed by atoms with Gasteiger partial charge < -0.3 is 14.2 Å². The van der Waals surface area contributed by atoms with Crippen LogP contribution in [0.15, 0.2) is 30.3 Å². The van der Waals surface area contributed by atoms with Gasteiger partial charge in [0.2, 0.25) is 0 Å². The van der Waals surface area contributed by atoms with Crippen molar-refractivity contribution in [3.63, 3.8) is 0 Å². The minimum Gasteiger partial charge on any atom is -0.462 e. The number of fused-ring (bicyclic) bond motifs is 3. The highest BCUT2D eigenvalue weighted by atomic mass is 19.4. The molecule has 0 radical (unpaired) electrons. The molecule has 182 valence electrons. The summed E-state index contributed by atoms with van der Waals surface area (Å²) in [5, 5.41) is 0. The molecular formula is C25H31F3O5. The largest absolute Gasteiger partial charge is 0.462 e. The molecule has 1 aliphatic heterocycles. The molecule has 5 nitrogen and oxygen atoms in total. The van der Waals surface area contributed by atoms with Crippen molar-refractivity contribution in [2.45, 2.75) is 70.4 Å². The van der Waals surface area contributed by atoms with Crippen molar-refractivity contribution >= 4 is 11.9 Å². The van der Waals surface area contributed by atoms with Crippen LogP contribution in [0, 0.1) is 29.1 Å². The maximum Gasteiger partial charge on any atom is 0.432 e. The SMILES string of the molecule is CO[C@@](C(=O)O[C@H]1CC[C@]2(C)CC[C@@H]3[C@H](OC(=O)[C@H]3C)[C@H]2[C@H]1C)(c1ccccc1)C(F)(F)F. The number of halogens is 3. The summed E-state index contributed by atoms with van der Waals surface area (Å²) in [6, 6.07) is 6.84. The summed E-state index contributed by atoms with van der Waals surface area (Å²) >= 11 is 0. The third-order valence-electron chi connectivity index (χ3n) is 8.48. The first-order valence-electron chi connectivity index (χ1n) is 11.6. The molecule has 3 aliphatic rings. The molecule has 3 fully saturated rings. The van der Waals surface area contributed by atoms with E-state index in [9.17, 15) is 22.8 Å². The maximum absolute atomic E-state index is 14.3. The highest BCUT2D eigenvalue weighted by Crippen LogP contribution is 2.58. The molecule has 2 aliphatic carbocycles. The van der Waals surface area contributed by atoms with Crippen LogP contribution in [0.25, 0.3) is 0 Å². The predicted molar refractivity (Wildman–Crippen MR) is 113 cm³/mol. The van der Waals surface area contributed by atoms with Gasteiger partial charge in [-0.25, -0.2) is 4.79 Å². The van der Waals surface area contributed by atoms with E-state index in [-0.39, 0.29) is 46.7 Å². The Kier molecular flexibility index (Phi) is 6.04. The van der Waals surface area contributed by atoms with Crippen LogP contribution in [0.2, 0.25) is 0 Å². The molecule has 1 aromatic carbocycles. The number of hydrogen-bond acceptors (Lipinski definition) is 5. The molecule has 8 heteroatoms. The lowest BCUT2D eigenvalue weighted by Gasteiger charge is -2.54. The lowest BCUT2D eigenvalue weighted by Crippen LogP contribution is -2.56. The van der Waals surface area contributed by atoms with Gasteiger partial charge in [-0.2, -0.15) is 13.2 Å². The van der Waals surface area contributed by atoms with Gasteiger partial charge in [0, 0.05) is 24.5 Å². The highest BCUT2D eigenvalue weighted by Gasteiger charge is 2.65. The molecule has 1 aromatic rings. The summed E-state index contributed by atoms with van der Waals surface area (Å²) in [6.45, 7) is 5.92. The second-order valence-corrected chi connectivity index (χ2v) is 10.2. The van der Waals surface area contributed by atoms with Gasteiger partial charge in [-0.1, -0.05) is 51.1 Å². The second-order valence-electron chi connectivity index (χ2n) is 10.2. The Bertz CT molecular complexity index is 903. The molecule has 0 spiro atoms. The summed E-state index contributed by atoms with van der Waals surface area (Å²) in [4.78, 5) is 25.5. The van der Waals surface area contributed by atoms with Crippen molar-refractivity contribution in [2.75, 3.05) is 7.11 Å². The average molecular weight is 469 g/mol. The number of rotatable bonds is 4. The number of ether oxygens (including phenoxy) is 3. The average Bonchev–Trinajstić information content (AvgIpc) is 3.04. The molecule has 0 aromatic heterocycles. The molecule has 1 saturated heterocycles. The fraction of sp³-hybridized carbons (Fsp3) is 0.680. The number of alkyl halides is 3. The van der Waals surface area contributed by atoms with Crippen LogP contribution in [0.5, 0.6) is 0 Å². The molecule has 1 heterocycles. The van der Waals surface area contributed by atoms with Crippen LogP contribution in [-0.2, 0) is 29.4 Å². The van der Waals surface area contributed by atoms with Gasteiger partial charge in [-0.15, -0.1) is 0 Å². The summed E-state index contributed by atoms with van der Waals surface area (Å²) in [7, 11) is 0.869. The quantitative estimate of drug-likeness (QED) is 0.581. The van der Waals surface area contributed by atoms with E-state index >= 15 is 0 Å². The van der Waals surface area contributed by atoms with Crippen LogP contribution in [0.1, 0.15) is 52.0 Å². The van der Waals surface area contributed by atoms with E-state index in [1.807, 2.05) is 13.8 Å². The fourth-order valence-electron chi connectivity index (χ4n) is 6.57. The van der Waals surface area contributed by atoms with Gasteiger partial charge in [-0.05, 0) is 37.0 Å². The van der Waals surface area contributed by atoms with Crippen LogP contribution < -0.4 is 0 Å². The summed E-state index contributed by atoms with van der Waals surface area (Å²) in [6.07, 6.45) is -3.11. The van der Waals surface area contributed by atoms with E-state index in [1.165, 1.54) is 24.3 Å². The zero-order valence-corrected chi connectivity index (χ0v) is 19.4. The van der Waals surface area contributed by atoms with Crippen molar-refractivity contribution in [2.24, 2.45) is 29.1 Å². The first-order chi connectivity index (χ1) is 15.5. The van der Waals surface area contributed by atoms with Gasteiger partial charge in [0.05, 0.1) is 5.92 Å². The van der Waals surface area contributed by atoms with E-state index in [0.29, 0.717) is 12.8 Å². The molecule has 4 rings (SSSR count). The first-order valence-corrected chi connectivity index (χ1v) is 11.6. The Labute approximate surface area is 192 Å². The van der Waals surface area contributed by atoms with Crippen molar-refractivity contribution in [1.82, 2.24) is 0 Å². The van der Waals surface area contributed by atoms with Crippen LogP contribution >= 0.6 is 0 Å². The molecule has 0 amide bonds. The third-order valence-corrected chi connectivity index (χ3v) is 8.48. The van der Waals surface area contributed by atoms with E-state index in [1.54, 1.807) is 6.07 Å². The predicted octanol–water partition coefficient (Wildman–Crippen LogP) is 5.03. The summed E-state index contributed by atoms with van der Waals surface area (Å²) in [5.74, 6) is -2.15. The zero-order chi connectivity index (χ0) is 24.2. The Morgan fingerprint density at radius 2 is 1.76 bits per heavy atom. The lowest BCUT2D eigenvalue weighted by molar-refractivity contribution is -0.280. The van der Waals surface area contributed by atoms with Crippen LogP contribution in [0.4, 0.5) is 13.2 Å². The number of hydrogen-bond donors (Lipinski definition) is 0. The van der Waals surface area contributed by atoms with Crippen LogP contribution in [0.3, 0.4) is 0 Å². The Morgan fingerprint density at radius 1 is 1.12 bits per heavy atom. The normalized spacial score (nSPS) is 38.0. The monoisotopic (exact) mass is 468 g/mol. The van der Waals surface area contributed by atoms with E-state index in [4.69, 9.17) is 14.2 Å². The topological polar surface area (TPSA) is 61.8 Å². The fourth-order valence-corrected chi connectivity index (χ4v) is 6.57. The number of methoxy groups -OCH3 is 1. The van der Waals surface area contributed by atoms with Gasteiger partial charge >= 0.3 is 18.1 Å². The van der Waals surface area contributed by atoms with Crippen molar-refractivity contribution < 1.29 is 37.0 Å². The van der Waals surface area contributed by atoms with Gasteiger partial charge in [-0.3, -0.25) is 4.79 Å². The van der Waals surface area contributed by atoms with Gasteiger partial charge in [0.15, 0.2) is 0 Å². The van der Waals surface area contributed by atoms with Crippen LogP contribution in [-0.4, -0.2) is 37.4 Å². The third kappa shape index (κ3) is 3.65. The second kappa shape index (κ2) is 8.29. The standard InChI is InChI=1S/C25H31F3O5/c1-14-17-10-12-23(3)13-11-18(15(2)19(23)20(17)33-21(14)29)32-22(30)24(31-4,25(26,27)28)16-8-6-5-7-9-16/h5-9,14-15,17-20H,10-13H2,1-4H3/t14-,15-,17-,18-,19+,20-,23-,24+/m0/s1. The van der Waals surface area contributed by atoms with E-state index in [2.05, 4.69) is 6.92 Å². The Morgan fingerprint density at radius 3 is 2.36 bits per heavy atom. The minimum atomic E-state index is -5.01. The van der Waals surface area contributed by atoms with E-state index in [0.717, 1.165) is 20.0 Å². The van der Waals surface area contributed by atoms with Crippen molar-refractivity contribution in [3.05, 3.63) is 35.9 Å². The number of esters is 2. The molecule has 2 saturated carbocycles. The Balaban J connectivity index is 1.62. The zero-order valence-electron chi connectivity index (χ0n) is 19.4.